The van der Waals surface area contributed by atoms with Crippen LogP contribution in [0.25, 0.3) is 0 Å². The van der Waals surface area contributed by atoms with Crippen molar-refractivity contribution in [2.75, 3.05) is 5.32 Å². The van der Waals surface area contributed by atoms with Crippen LogP contribution >= 0.6 is 12.2 Å². The van der Waals surface area contributed by atoms with Crippen molar-refractivity contribution in [1.82, 2.24) is 16.2 Å². The average molecular weight is 280 g/mol. The van der Waals surface area contributed by atoms with Gasteiger partial charge in [-0.15, -0.1) is 0 Å². The van der Waals surface area contributed by atoms with E-state index in [-0.39, 0.29) is 11.0 Å². The number of carbonyl (C=O) groups is 2. The van der Waals surface area contributed by atoms with E-state index in [1.807, 2.05) is 13.0 Å². The summed E-state index contributed by atoms with van der Waals surface area (Å²) in [4.78, 5) is 22.7. The van der Waals surface area contributed by atoms with E-state index in [4.69, 9.17) is 12.2 Å². The van der Waals surface area contributed by atoms with Gasteiger partial charge in [0, 0.05) is 12.1 Å². The Kier molecular flexibility index (Phi) is 6.31. The van der Waals surface area contributed by atoms with Gasteiger partial charge in [0.2, 0.25) is 5.91 Å². The molecule has 0 aliphatic heterocycles. The largest absolute Gasteiger partial charge is 0.337 e. The molecule has 7 heteroatoms. The third-order valence-corrected chi connectivity index (χ3v) is 2.26. The van der Waals surface area contributed by atoms with E-state index in [0.717, 1.165) is 6.42 Å². The van der Waals surface area contributed by atoms with Gasteiger partial charge in [-0.25, -0.2) is 10.2 Å². The predicted octanol–water partition coefficient (Wildman–Crippen LogP) is 1.51. The van der Waals surface area contributed by atoms with Crippen LogP contribution in [0.1, 0.15) is 19.8 Å². The second kappa shape index (κ2) is 8.04. The lowest BCUT2D eigenvalue weighted by atomic mass is 10.3. The average Bonchev–Trinajstić information content (AvgIpc) is 2.38. The number of thiocarbonyl (C=S) groups is 1. The van der Waals surface area contributed by atoms with Gasteiger partial charge >= 0.3 is 6.03 Å². The summed E-state index contributed by atoms with van der Waals surface area (Å²) in [5.74, 6) is -0.190. The van der Waals surface area contributed by atoms with Crippen molar-refractivity contribution in [3.8, 4) is 0 Å². The number of anilines is 1. The van der Waals surface area contributed by atoms with Gasteiger partial charge in [-0.05, 0) is 30.8 Å². The lowest BCUT2D eigenvalue weighted by Gasteiger charge is -2.11. The Morgan fingerprint density at radius 1 is 1.16 bits per heavy atom. The Bertz CT molecular complexity index is 450. The number of nitrogens with one attached hydrogen (secondary N) is 4. The molecule has 1 rings (SSSR count). The zero-order valence-corrected chi connectivity index (χ0v) is 11.3. The summed E-state index contributed by atoms with van der Waals surface area (Å²) in [5.41, 5.74) is 5.41. The summed E-state index contributed by atoms with van der Waals surface area (Å²) >= 11 is 4.84. The fourth-order valence-electron chi connectivity index (χ4n) is 1.24. The van der Waals surface area contributed by atoms with Crippen LogP contribution in [0.3, 0.4) is 0 Å². The number of benzene rings is 1. The van der Waals surface area contributed by atoms with E-state index in [0.29, 0.717) is 12.1 Å². The maximum atomic E-state index is 11.5. The second-order valence-corrected chi connectivity index (χ2v) is 4.11. The summed E-state index contributed by atoms with van der Waals surface area (Å²) in [5, 5.41) is 5.09. The van der Waals surface area contributed by atoms with Crippen molar-refractivity contribution < 1.29 is 9.59 Å². The first-order valence-electron chi connectivity index (χ1n) is 5.83. The minimum absolute atomic E-state index is 0.0571. The minimum atomic E-state index is -0.474. The van der Waals surface area contributed by atoms with Crippen LogP contribution in [0, 0.1) is 0 Å². The summed E-state index contributed by atoms with van der Waals surface area (Å²) in [7, 11) is 0. The molecule has 0 unspecified atom stereocenters. The van der Waals surface area contributed by atoms with Crippen LogP contribution in [0.5, 0.6) is 0 Å². The Labute approximate surface area is 116 Å². The van der Waals surface area contributed by atoms with E-state index < -0.39 is 6.03 Å². The van der Waals surface area contributed by atoms with Crippen molar-refractivity contribution in [3.63, 3.8) is 0 Å². The highest BCUT2D eigenvalue weighted by atomic mass is 32.1. The van der Waals surface area contributed by atoms with Gasteiger partial charge in [0.25, 0.3) is 0 Å². The smallest absolute Gasteiger partial charge is 0.307 e. The van der Waals surface area contributed by atoms with Crippen LogP contribution in [-0.4, -0.2) is 17.1 Å². The number of hydrogen-bond acceptors (Lipinski definition) is 3. The number of urea groups is 1. The first kappa shape index (κ1) is 14.9. The minimum Gasteiger partial charge on any atom is -0.307 e. The van der Waals surface area contributed by atoms with Gasteiger partial charge in [-0.3, -0.25) is 10.2 Å². The lowest BCUT2D eigenvalue weighted by Crippen LogP contribution is -2.49. The molecule has 0 atom stereocenters. The number of rotatable bonds is 3. The van der Waals surface area contributed by atoms with Crippen LogP contribution < -0.4 is 21.5 Å². The molecule has 3 amide bonds. The molecule has 0 saturated carbocycles. The molecule has 1 aromatic rings. The van der Waals surface area contributed by atoms with E-state index in [1.54, 1.807) is 24.3 Å². The summed E-state index contributed by atoms with van der Waals surface area (Å²) in [6, 6.07) is 8.48. The van der Waals surface area contributed by atoms with Crippen molar-refractivity contribution in [3.05, 3.63) is 30.3 Å². The molecule has 6 nitrogen and oxygen atoms in total. The normalized spacial score (nSPS) is 9.32. The van der Waals surface area contributed by atoms with Gasteiger partial charge in [-0.2, -0.15) is 0 Å². The predicted molar refractivity (Wildman–Crippen MR) is 77.4 cm³/mol. The van der Waals surface area contributed by atoms with Gasteiger partial charge in [0.15, 0.2) is 5.11 Å². The Morgan fingerprint density at radius 3 is 2.47 bits per heavy atom. The van der Waals surface area contributed by atoms with E-state index in [2.05, 4.69) is 21.5 Å². The molecule has 19 heavy (non-hydrogen) atoms. The molecule has 0 radical (unpaired) electrons. The van der Waals surface area contributed by atoms with Crippen molar-refractivity contribution >= 4 is 35.0 Å². The van der Waals surface area contributed by atoms with Crippen LogP contribution in [-0.2, 0) is 4.79 Å². The Hall–Kier alpha value is -2.15. The summed E-state index contributed by atoms with van der Waals surface area (Å²) < 4.78 is 0. The molecular weight excluding hydrogens is 264 g/mol. The monoisotopic (exact) mass is 280 g/mol. The topological polar surface area (TPSA) is 82.3 Å². The lowest BCUT2D eigenvalue weighted by molar-refractivity contribution is -0.119. The van der Waals surface area contributed by atoms with E-state index in [9.17, 15) is 9.59 Å². The molecule has 0 aliphatic rings. The highest BCUT2D eigenvalue weighted by Crippen LogP contribution is 2.03. The highest BCUT2D eigenvalue weighted by molar-refractivity contribution is 7.80. The van der Waals surface area contributed by atoms with Gasteiger partial charge in [0.05, 0.1) is 0 Å². The molecule has 0 aromatic heterocycles. The van der Waals surface area contributed by atoms with Crippen molar-refractivity contribution in [1.29, 1.82) is 0 Å². The molecule has 1 aromatic carbocycles. The molecule has 0 heterocycles. The number of para-hydroxylation sites is 1. The van der Waals surface area contributed by atoms with Gasteiger partial charge < -0.3 is 10.6 Å². The fraction of sp³-hybridized carbons (Fsp3) is 0.250. The number of hydrazine groups is 1. The van der Waals surface area contributed by atoms with Crippen LogP contribution in [0.15, 0.2) is 30.3 Å². The molecular formula is C12H16N4O2S. The molecule has 0 fully saturated rings. The van der Waals surface area contributed by atoms with Crippen molar-refractivity contribution in [2.45, 2.75) is 19.8 Å². The summed E-state index contributed by atoms with van der Waals surface area (Å²) in [6.07, 6.45) is 1.12. The van der Waals surface area contributed by atoms with Crippen LogP contribution in [0.2, 0.25) is 0 Å². The fourth-order valence-corrected chi connectivity index (χ4v) is 1.41. The van der Waals surface area contributed by atoms with Gasteiger partial charge in [-0.1, -0.05) is 25.1 Å². The summed E-state index contributed by atoms with van der Waals surface area (Å²) in [6.45, 7) is 1.89. The first-order valence-corrected chi connectivity index (χ1v) is 6.24. The first-order chi connectivity index (χ1) is 9.11. The SMILES string of the molecule is CCCC(=O)NC(=S)NNC(=O)Nc1ccccc1. The highest BCUT2D eigenvalue weighted by Gasteiger charge is 2.04. The molecule has 102 valence electrons. The number of hydrogen-bond donors (Lipinski definition) is 4. The van der Waals surface area contributed by atoms with E-state index >= 15 is 0 Å². The zero-order valence-electron chi connectivity index (χ0n) is 10.5. The van der Waals surface area contributed by atoms with Crippen molar-refractivity contribution in [2.24, 2.45) is 0 Å². The maximum Gasteiger partial charge on any atom is 0.337 e. The standard InChI is InChI=1S/C12H16N4O2S/c1-2-6-10(17)14-12(19)16-15-11(18)13-9-7-4-3-5-8-9/h3-5,7-8H,2,6H2,1H3,(H2,13,15,18)(H2,14,16,17,19). The quantitative estimate of drug-likeness (QED) is 0.500. The number of amides is 3. The third kappa shape index (κ3) is 6.37. The second-order valence-electron chi connectivity index (χ2n) is 3.70. The Morgan fingerprint density at radius 2 is 1.84 bits per heavy atom. The number of carbonyl (C=O) groups excluding carboxylic acids is 2. The maximum absolute atomic E-state index is 11.5. The van der Waals surface area contributed by atoms with Gasteiger partial charge in [0.1, 0.15) is 0 Å². The third-order valence-electron chi connectivity index (χ3n) is 2.05. The van der Waals surface area contributed by atoms with E-state index in [1.165, 1.54) is 0 Å². The van der Waals surface area contributed by atoms with Crippen LogP contribution in [0.4, 0.5) is 10.5 Å². The molecule has 0 saturated heterocycles. The molecule has 4 N–H and O–H groups in total. The molecule has 0 bridgehead atoms. The molecule has 0 aliphatic carbocycles. The molecule has 0 spiro atoms. The zero-order chi connectivity index (χ0) is 14.1. The Balaban J connectivity index is 2.27.